The fourth-order valence-electron chi connectivity index (χ4n) is 1.96. The van der Waals surface area contributed by atoms with E-state index in [4.69, 9.17) is 4.74 Å². The van der Waals surface area contributed by atoms with Crippen LogP contribution in [0.3, 0.4) is 0 Å². The van der Waals surface area contributed by atoms with Crippen LogP contribution in [0, 0.1) is 0 Å². The molecule has 0 spiro atoms. The number of rotatable bonds is 8. The van der Waals surface area contributed by atoms with E-state index in [1.54, 1.807) is 7.11 Å². The summed E-state index contributed by atoms with van der Waals surface area (Å²) in [6, 6.07) is 4.72. The molecule has 0 amide bonds. The highest BCUT2D eigenvalue weighted by Crippen LogP contribution is 2.24. The molecule has 2 atom stereocenters. The number of thiophene rings is 1. The summed E-state index contributed by atoms with van der Waals surface area (Å²) in [6.45, 7) is 5.43. The van der Waals surface area contributed by atoms with Gasteiger partial charge >= 0.3 is 0 Å². The molecule has 1 heterocycles. The summed E-state index contributed by atoms with van der Waals surface area (Å²) in [4.78, 5) is 1.40. The second-order valence-electron chi connectivity index (χ2n) is 4.15. The van der Waals surface area contributed by atoms with Crippen molar-refractivity contribution < 1.29 is 4.74 Å². The largest absolute Gasteiger partial charge is 0.380 e. The number of nitrogens with one attached hydrogen (secondary N) is 1. The Morgan fingerprint density at radius 1 is 1.41 bits per heavy atom. The fourth-order valence-corrected chi connectivity index (χ4v) is 3.50. The first-order chi connectivity index (χ1) is 8.21. The van der Waals surface area contributed by atoms with E-state index >= 15 is 0 Å². The van der Waals surface area contributed by atoms with Crippen molar-refractivity contribution in [1.29, 1.82) is 0 Å². The zero-order valence-corrected chi connectivity index (χ0v) is 13.2. The Labute approximate surface area is 117 Å². The van der Waals surface area contributed by atoms with Crippen molar-refractivity contribution >= 4 is 27.3 Å². The average Bonchev–Trinajstić information content (AvgIpc) is 2.73. The van der Waals surface area contributed by atoms with Gasteiger partial charge in [0.1, 0.15) is 0 Å². The van der Waals surface area contributed by atoms with Crippen LogP contribution in [-0.2, 0) is 11.2 Å². The molecule has 1 aromatic rings. The summed E-state index contributed by atoms with van der Waals surface area (Å²) in [5.41, 5.74) is 0. The van der Waals surface area contributed by atoms with Gasteiger partial charge in [-0.1, -0.05) is 13.8 Å². The van der Waals surface area contributed by atoms with Gasteiger partial charge in [0, 0.05) is 18.0 Å². The van der Waals surface area contributed by atoms with Gasteiger partial charge in [0.15, 0.2) is 0 Å². The lowest BCUT2D eigenvalue weighted by atomic mass is 10.0. The Balaban J connectivity index is 2.61. The minimum absolute atomic E-state index is 0.294. The van der Waals surface area contributed by atoms with Crippen LogP contribution in [0.25, 0.3) is 0 Å². The lowest BCUT2D eigenvalue weighted by molar-refractivity contribution is 0.0656. The van der Waals surface area contributed by atoms with Crippen LogP contribution in [0.4, 0.5) is 0 Å². The van der Waals surface area contributed by atoms with Crippen molar-refractivity contribution in [2.45, 2.75) is 45.3 Å². The molecule has 0 saturated heterocycles. The van der Waals surface area contributed by atoms with E-state index < -0.39 is 0 Å². The molecule has 1 N–H and O–H groups in total. The zero-order valence-electron chi connectivity index (χ0n) is 10.8. The second-order valence-corrected chi connectivity index (χ2v) is 6.70. The van der Waals surface area contributed by atoms with E-state index in [0.717, 1.165) is 25.8 Å². The van der Waals surface area contributed by atoms with Crippen molar-refractivity contribution in [3.63, 3.8) is 0 Å². The van der Waals surface area contributed by atoms with Gasteiger partial charge in [-0.05, 0) is 53.9 Å². The van der Waals surface area contributed by atoms with Crippen LogP contribution in [0.2, 0.25) is 0 Å². The van der Waals surface area contributed by atoms with Crippen LogP contribution in [0.1, 0.15) is 31.6 Å². The molecule has 0 aromatic carbocycles. The van der Waals surface area contributed by atoms with Gasteiger partial charge in [-0.25, -0.2) is 0 Å². The topological polar surface area (TPSA) is 21.3 Å². The Kier molecular flexibility index (Phi) is 7.35. The van der Waals surface area contributed by atoms with Crippen LogP contribution in [0.15, 0.2) is 15.9 Å². The van der Waals surface area contributed by atoms with Crippen LogP contribution in [-0.4, -0.2) is 25.8 Å². The van der Waals surface area contributed by atoms with E-state index in [1.165, 1.54) is 8.66 Å². The summed E-state index contributed by atoms with van der Waals surface area (Å²) in [7, 11) is 1.80. The van der Waals surface area contributed by atoms with Gasteiger partial charge in [-0.15, -0.1) is 11.3 Å². The molecule has 17 heavy (non-hydrogen) atoms. The average molecular weight is 320 g/mol. The molecule has 1 rings (SSSR count). The lowest BCUT2D eigenvalue weighted by Gasteiger charge is -2.25. The molecule has 1 aromatic heterocycles. The van der Waals surface area contributed by atoms with E-state index in [0.29, 0.717) is 12.1 Å². The monoisotopic (exact) mass is 319 g/mol. The Hall–Kier alpha value is 0.1000. The van der Waals surface area contributed by atoms with Crippen LogP contribution >= 0.6 is 27.3 Å². The minimum Gasteiger partial charge on any atom is -0.380 e. The van der Waals surface area contributed by atoms with E-state index in [9.17, 15) is 0 Å². The molecule has 4 heteroatoms. The third-order valence-corrected chi connectivity index (χ3v) is 4.51. The predicted octanol–water partition coefficient (Wildman–Crippen LogP) is 3.85. The van der Waals surface area contributed by atoms with Crippen molar-refractivity contribution in [1.82, 2.24) is 5.32 Å². The Morgan fingerprint density at radius 3 is 2.65 bits per heavy atom. The molecule has 98 valence electrons. The third kappa shape index (κ3) is 5.08. The third-order valence-electron chi connectivity index (χ3n) is 2.86. The fraction of sp³-hybridized carbons (Fsp3) is 0.692. The molecule has 2 nitrogen and oxygen atoms in total. The lowest BCUT2D eigenvalue weighted by Crippen LogP contribution is -2.42. The molecular formula is C13H22BrNOS. The van der Waals surface area contributed by atoms with E-state index in [1.807, 2.05) is 11.3 Å². The highest BCUT2D eigenvalue weighted by Gasteiger charge is 2.19. The van der Waals surface area contributed by atoms with Crippen molar-refractivity contribution in [2.24, 2.45) is 0 Å². The van der Waals surface area contributed by atoms with Crippen LogP contribution in [0.5, 0.6) is 0 Å². The highest BCUT2D eigenvalue weighted by molar-refractivity contribution is 9.11. The summed E-state index contributed by atoms with van der Waals surface area (Å²) >= 11 is 5.32. The maximum Gasteiger partial charge on any atom is 0.0725 e. The molecule has 2 unspecified atom stereocenters. The second kappa shape index (κ2) is 8.25. The number of ether oxygens (including phenoxy) is 1. The molecular weight excluding hydrogens is 298 g/mol. The smallest absolute Gasteiger partial charge is 0.0725 e. The molecule has 0 saturated carbocycles. The maximum absolute atomic E-state index is 5.57. The summed E-state index contributed by atoms with van der Waals surface area (Å²) in [5, 5.41) is 3.60. The SMILES string of the molecule is CCCNC(Cc1ccc(Br)s1)C(CC)OC. The molecule has 0 aliphatic heterocycles. The first-order valence-corrected chi connectivity index (χ1v) is 7.82. The first kappa shape index (κ1) is 15.2. The highest BCUT2D eigenvalue weighted by atomic mass is 79.9. The molecule has 0 aliphatic rings. The van der Waals surface area contributed by atoms with Gasteiger partial charge in [0.2, 0.25) is 0 Å². The predicted molar refractivity (Wildman–Crippen MR) is 78.9 cm³/mol. The maximum atomic E-state index is 5.57. The summed E-state index contributed by atoms with van der Waals surface area (Å²) < 4.78 is 6.77. The van der Waals surface area contributed by atoms with Gasteiger partial charge in [-0.2, -0.15) is 0 Å². The number of hydrogen-bond donors (Lipinski definition) is 1. The number of halogens is 1. The number of hydrogen-bond acceptors (Lipinski definition) is 3. The van der Waals surface area contributed by atoms with E-state index in [2.05, 4.69) is 47.2 Å². The van der Waals surface area contributed by atoms with Crippen LogP contribution < -0.4 is 5.32 Å². The minimum atomic E-state index is 0.294. The summed E-state index contributed by atoms with van der Waals surface area (Å²) in [6.07, 6.45) is 3.54. The Bertz CT molecular complexity index is 312. The Morgan fingerprint density at radius 2 is 2.18 bits per heavy atom. The quantitative estimate of drug-likeness (QED) is 0.786. The van der Waals surface area contributed by atoms with Gasteiger partial charge < -0.3 is 10.1 Å². The van der Waals surface area contributed by atoms with Gasteiger partial charge in [0.05, 0.1) is 9.89 Å². The molecule has 0 fully saturated rings. The van der Waals surface area contributed by atoms with Gasteiger partial charge in [-0.3, -0.25) is 0 Å². The molecule has 0 aliphatic carbocycles. The zero-order chi connectivity index (χ0) is 12.7. The van der Waals surface area contributed by atoms with Crippen molar-refractivity contribution in [3.8, 4) is 0 Å². The number of methoxy groups -OCH3 is 1. The normalized spacial score (nSPS) is 14.8. The molecule has 0 radical (unpaired) electrons. The van der Waals surface area contributed by atoms with Gasteiger partial charge in [0.25, 0.3) is 0 Å². The summed E-state index contributed by atoms with van der Waals surface area (Å²) in [5.74, 6) is 0. The molecule has 0 bridgehead atoms. The standard InChI is InChI=1S/C13H22BrNOS/c1-4-8-15-11(12(5-2)16-3)9-10-6-7-13(14)17-10/h6-7,11-12,15H,4-5,8-9H2,1-3H3. The van der Waals surface area contributed by atoms with Crippen molar-refractivity contribution in [3.05, 3.63) is 20.8 Å². The first-order valence-electron chi connectivity index (χ1n) is 6.21. The van der Waals surface area contributed by atoms with E-state index in [-0.39, 0.29) is 0 Å². The van der Waals surface area contributed by atoms with Crippen molar-refractivity contribution in [2.75, 3.05) is 13.7 Å².